The normalized spacial score (nSPS) is 12.0. The van der Waals surface area contributed by atoms with E-state index in [9.17, 15) is 20.0 Å². The van der Waals surface area contributed by atoms with Crippen molar-refractivity contribution in [3.63, 3.8) is 0 Å². The van der Waals surface area contributed by atoms with E-state index in [-0.39, 0.29) is 22.4 Å². The molecule has 2 aromatic carbocycles. The van der Waals surface area contributed by atoms with Crippen LogP contribution in [-0.4, -0.2) is 22.0 Å². The number of aliphatic carboxylic acids is 1. The first-order valence-electron chi connectivity index (χ1n) is 7.95. The molecule has 0 saturated carbocycles. The molecule has 0 spiro atoms. The Morgan fingerprint density at radius 3 is 2.46 bits per heavy atom. The first-order valence-corrected chi connectivity index (χ1v) is 8.32. The van der Waals surface area contributed by atoms with Gasteiger partial charge in [-0.1, -0.05) is 37.6 Å². The number of ether oxygens (including phenoxy) is 1. The van der Waals surface area contributed by atoms with Crippen molar-refractivity contribution in [2.24, 2.45) is 5.92 Å². The topological polar surface area (TPSA) is 102 Å². The van der Waals surface area contributed by atoms with Crippen LogP contribution in [0.1, 0.15) is 19.4 Å². The summed E-state index contributed by atoms with van der Waals surface area (Å²) in [6.07, 6.45) is 0. The molecule has 0 radical (unpaired) electrons. The molecule has 0 aliphatic carbocycles. The maximum atomic E-state index is 11.2. The number of hydrogen-bond donors (Lipinski definition) is 2. The first-order chi connectivity index (χ1) is 12.3. The second-order valence-corrected chi connectivity index (χ2v) is 6.49. The molecular formula is C18H19ClN2O5. The zero-order valence-electron chi connectivity index (χ0n) is 14.3. The minimum atomic E-state index is -0.894. The van der Waals surface area contributed by atoms with Crippen molar-refractivity contribution in [3.8, 4) is 11.5 Å². The third-order valence-electron chi connectivity index (χ3n) is 3.73. The highest BCUT2D eigenvalue weighted by Gasteiger charge is 2.20. The van der Waals surface area contributed by atoms with E-state index in [2.05, 4.69) is 5.32 Å². The lowest BCUT2D eigenvalue weighted by molar-refractivity contribution is -0.385. The molecule has 0 aliphatic heterocycles. The molecule has 0 fully saturated rings. The van der Waals surface area contributed by atoms with Crippen LogP contribution in [0.2, 0.25) is 5.02 Å². The van der Waals surface area contributed by atoms with Gasteiger partial charge in [-0.15, -0.1) is 0 Å². The Morgan fingerprint density at radius 1 is 1.27 bits per heavy atom. The molecule has 2 N–H and O–H groups in total. The molecule has 0 amide bonds. The highest BCUT2D eigenvalue weighted by Crippen LogP contribution is 2.33. The van der Waals surface area contributed by atoms with Crippen LogP contribution in [0.3, 0.4) is 0 Å². The number of rotatable bonds is 8. The van der Waals surface area contributed by atoms with Gasteiger partial charge in [0.2, 0.25) is 5.75 Å². The summed E-state index contributed by atoms with van der Waals surface area (Å²) in [5.41, 5.74) is 0.652. The van der Waals surface area contributed by atoms with Crippen molar-refractivity contribution in [3.05, 3.63) is 63.2 Å². The zero-order chi connectivity index (χ0) is 19.3. The number of nitro groups is 1. The monoisotopic (exact) mass is 378 g/mol. The minimum Gasteiger partial charge on any atom is -0.480 e. The predicted molar refractivity (Wildman–Crippen MR) is 97.7 cm³/mol. The molecule has 7 nitrogen and oxygen atoms in total. The van der Waals surface area contributed by atoms with Gasteiger partial charge < -0.3 is 15.2 Å². The van der Waals surface area contributed by atoms with Gasteiger partial charge in [0.1, 0.15) is 11.8 Å². The molecule has 0 aromatic heterocycles. The van der Waals surface area contributed by atoms with E-state index < -0.39 is 16.9 Å². The van der Waals surface area contributed by atoms with Crippen molar-refractivity contribution < 1.29 is 19.6 Å². The van der Waals surface area contributed by atoms with Crippen molar-refractivity contribution in [1.82, 2.24) is 5.32 Å². The van der Waals surface area contributed by atoms with Gasteiger partial charge in [-0.3, -0.25) is 14.9 Å². The molecular weight excluding hydrogens is 360 g/mol. The Labute approximate surface area is 155 Å². The fourth-order valence-corrected chi connectivity index (χ4v) is 2.52. The van der Waals surface area contributed by atoms with E-state index in [1.54, 1.807) is 24.3 Å². The van der Waals surface area contributed by atoms with Gasteiger partial charge in [0, 0.05) is 17.6 Å². The van der Waals surface area contributed by atoms with E-state index in [1.165, 1.54) is 18.2 Å². The summed E-state index contributed by atoms with van der Waals surface area (Å²) in [6.45, 7) is 4.06. The molecule has 0 heterocycles. The maximum absolute atomic E-state index is 11.2. The standard InChI is InChI=1S/C18H19ClN2O5/c1-11(2)17(18(22)23)20-10-12-3-6-14(7-4-12)26-16-8-5-13(19)9-15(16)21(24)25/h3-9,11,17,20H,10H2,1-2H3,(H,22,23)/t17-/m1/s1. The minimum absolute atomic E-state index is 0.0411. The third-order valence-corrected chi connectivity index (χ3v) is 3.96. The molecule has 1 atom stereocenters. The number of carboxylic acids is 1. The number of nitrogens with one attached hydrogen (secondary N) is 1. The molecule has 0 bridgehead atoms. The van der Waals surface area contributed by atoms with Gasteiger partial charge in [-0.25, -0.2) is 0 Å². The quantitative estimate of drug-likeness (QED) is 0.526. The van der Waals surface area contributed by atoms with Crippen LogP contribution in [0.15, 0.2) is 42.5 Å². The maximum Gasteiger partial charge on any atom is 0.320 e. The van der Waals surface area contributed by atoms with Gasteiger partial charge in [0.15, 0.2) is 0 Å². The summed E-state index contributed by atoms with van der Waals surface area (Å²) >= 11 is 5.78. The second-order valence-electron chi connectivity index (χ2n) is 6.06. The smallest absolute Gasteiger partial charge is 0.320 e. The van der Waals surface area contributed by atoms with Crippen LogP contribution < -0.4 is 10.1 Å². The Morgan fingerprint density at radius 2 is 1.92 bits per heavy atom. The molecule has 138 valence electrons. The van der Waals surface area contributed by atoms with Crippen molar-refractivity contribution in [2.75, 3.05) is 0 Å². The van der Waals surface area contributed by atoms with Crippen LogP contribution in [-0.2, 0) is 11.3 Å². The molecule has 0 aliphatic rings. The van der Waals surface area contributed by atoms with Gasteiger partial charge >= 0.3 is 11.7 Å². The summed E-state index contributed by atoms with van der Waals surface area (Å²) in [5.74, 6) is -0.413. The number of halogens is 1. The lowest BCUT2D eigenvalue weighted by atomic mass is 10.0. The lowest BCUT2D eigenvalue weighted by Crippen LogP contribution is -2.40. The molecule has 8 heteroatoms. The van der Waals surface area contributed by atoms with Crippen molar-refractivity contribution >= 4 is 23.3 Å². The summed E-state index contributed by atoms with van der Waals surface area (Å²) < 4.78 is 5.57. The summed E-state index contributed by atoms with van der Waals surface area (Å²) in [4.78, 5) is 21.7. The largest absolute Gasteiger partial charge is 0.480 e. The second kappa shape index (κ2) is 8.64. The SMILES string of the molecule is CC(C)[C@@H](NCc1ccc(Oc2ccc(Cl)cc2[N+](=O)[O-])cc1)C(=O)O. The van der Waals surface area contributed by atoms with E-state index in [0.717, 1.165) is 5.56 Å². The van der Waals surface area contributed by atoms with E-state index >= 15 is 0 Å². The van der Waals surface area contributed by atoms with Gasteiger partial charge in [-0.05, 0) is 35.7 Å². The van der Waals surface area contributed by atoms with Gasteiger partial charge in [0.25, 0.3) is 0 Å². The molecule has 2 aromatic rings. The van der Waals surface area contributed by atoms with E-state index in [4.69, 9.17) is 16.3 Å². The zero-order valence-corrected chi connectivity index (χ0v) is 15.1. The Kier molecular flexibility index (Phi) is 6.54. The van der Waals surface area contributed by atoms with Crippen LogP contribution in [0.25, 0.3) is 0 Å². The number of hydrogen-bond acceptors (Lipinski definition) is 5. The van der Waals surface area contributed by atoms with Crippen LogP contribution >= 0.6 is 11.6 Å². The van der Waals surface area contributed by atoms with Crippen LogP contribution in [0, 0.1) is 16.0 Å². The molecule has 26 heavy (non-hydrogen) atoms. The number of nitro benzene ring substituents is 1. The summed E-state index contributed by atoms with van der Waals surface area (Å²) in [6, 6.07) is 10.4. The third kappa shape index (κ3) is 5.18. The van der Waals surface area contributed by atoms with E-state index in [0.29, 0.717) is 12.3 Å². The number of carbonyl (C=O) groups is 1. The Balaban J connectivity index is 2.06. The highest BCUT2D eigenvalue weighted by molar-refractivity contribution is 6.30. The fraction of sp³-hybridized carbons (Fsp3) is 0.278. The van der Waals surface area contributed by atoms with E-state index in [1.807, 2.05) is 13.8 Å². The van der Waals surface area contributed by atoms with Crippen molar-refractivity contribution in [2.45, 2.75) is 26.4 Å². The van der Waals surface area contributed by atoms with Crippen LogP contribution in [0.4, 0.5) is 5.69 Å². The first kappa shape index (κ1) is 19.7. The molecule has 0 unspecified atom stereocenters. The number of nitrogens with zero attached hydrogens (tertiary/aromatic N) is 1. The summed E-state index contributed by atoms with van der Waals surface area (Å²) in [5, 5.41) is 23.5. The average molecular weight is 379 g/mol. The van der Waals surface area contributed by atoms with Gasteiger partial charge in [0.05, 0.1) is 4.92 Å². The molecule has 0 saturated heterocycles. The fourth-order valence-electron chi connectivity index (χ4n) is 2.36. The van der Waals surface area contributed by atoms with Gasteiger partial charge in [-0.2, -0.15) is 0 Å². The summed E-state index contributed by atoms with van der Waals surface area (Å²) in [7, 11) is 0. The predicted octanol–water partition coefficient (Wildman–Crippen LogP) is 4.24. The number of benzene rings is 2. The average Bonchev–Trinajstić information content (AvgIpc) is 2.57. The molecule has 2 rings (SSSR count). The number of carboxylic acid groups (broad SMARTS) is 1. The van der Waals surface area contributed by atoms with Crippen LogP contribution in [0.5, 0.6) is 11.5 Å². The Bertz CT molecular complexity index is 793. The van der Waals surface area contributed by atoms with Crippen molar-refractivity contribution in [1.29, 1.82) is 0 Å². The lowest BCUT2D eigenvalue weighted by Gasteiger charge is -2.18. The Hall–Kier alpha value is -2.64. The highest BCUT2D eigenvalue weighted by atomic mass is 35.5.